The molecular formula is C18H19N3O6. The molecule has 142 valence electrons. The highest BCUT2D eigenvalue weighted by Crippen LogP contribution is 2.14. The molecule has 0 spiro atoms. The number of nitrogens with one attached hydrogen (secondary N) is 1. The van der Waals surface area contributed by atoms with Crippen LogP contribution in [0.2, 0.25) is 0 Å². The van der Waals surface area contributed by atoms with Gasteiger partial charge in [-0.1, -0.05) is 24.3 Å². The molecule has 0 fully saturated rings. The number of aromatic hydroxyl groups is 1. The molecule has 0 aromatic heterocycles. The van der Waals surface area contributed by atoms with Gasteiger partial charge < -0.3 is 21.3 Å². The third kappa shape index (κ3) is 5.79. The van der Waals surface area contributed by atoms with Crippen LogP contribution in [0.3, 0.4) is 0 Å². The van der Waals surface area contributed by atoms with Gasteiger partial charge in [0, 0.05) is 18.6 Å². The van der Waals surface area contributed by atoms with Gasteiger partial charge >= 0.3 is 5.97 Å². The van der Waals surface area contributed by atoms with Crippen molar-refractivity contribution in [1.29, 1.82) is 0 Å². The Morgan fingerprint density at radius 1 is 1.04 bits per heavy atom. The first-order chi connectivity index (χ1) is 12.8. The van der Waals surface area contributed by atoms with Gasteiger partial charge in [0.1, 0.15) is 11.8 Å². The summed E-state index contributed by atoms with van der Waals surface area (Å²) < 4.78 is 0. The largest absolute Gasteiger partial charge is 0.508 e. The van der Waals surface area contributed by atoms with E-state index in [1.54, 1.807) is 12.1 Å². The zero-order valence-electron chi connectivity index (χ0n) is 14.2. The van der Waals surface area contributed by atoms with E-state index in [-0.39, 0.29) is 24.3 Å². The Morgan fingerprint density at radius 3 is 2.07 bits per heavy atom. The van der Waals surface area contributed by atoms with Crippen LogP contribution >= 0.6 is 0 Å². The number of carbonyl (C=O) groups excluding carboxylic acids is 1. The van der Waals surface area contributed by atoms with Crippen molar-refractivity contribution in [2.24, 2.45) is 5.73 Å². The quantitative estimate of drug-likeness (QED) is 0.397. The molecule has 2 atom stereocenters. The molecule has 0 bridgehead atoms. The summed E-state index contributed by atoms with van der Waals surface area (Å²) in [6, 6.07) is 9.41. The van der Waals surface area contributed by atoms with Crippen LogP contribution in [0.4, 0.5) is 5.69 Å². The summed E-state index contributed by atoms with van der Waals surface area (Å²) in [4.78, 5) is 33.8. The van der Waals surface area contributed by atoms with Crippen LogP contribution in [-0.2, 0) is 22.4 Å². The Balaban J connectivity index is 1.99. The molecule has 0 aliphatic carbocycles. The molecule has 0 heterocycles. The van der Waals surface area contributed by atoms with Crippen molar-refractivity contribution in [3.05, 3.63) is 69.8 Å². The van der Waals surface area contributed by atoms with E-state index in [9.17, 15) is 29.9 Å². The predicted octanol–water partition coefficient (Wildman–Crippen LogP) is 0.982. The van der Waals surface area contributed by atoms with Crippen molar-refractivity contribution < 1.29 is 24.7 Å². The van der Waals surface area contributed by atoms with Crippen molar-refractivity contribution in [2.75, 3.05) is 0 Å². The van der Waals surface area contributed by atoms with E-state index in [0.29, 0.717) is 5.56 Å². The van der Waals surface area contributed by atoms with E-state index in [4.69, 9.17) is 5.73 Å². The molecule has 0 aliphatic heterocycles. The van der Waals surface area contributed by atoms with Crippen LogP contribution in [0.25, 0.3) is 0 Å². The number of amides is 1. The minimum atomic E-state index is -1.24. The lowest BCUT2D eigenvalue weighted by Crippen LogP contribution is -2.50. The number of nitro groups is 1. The van der Waals surface area contributed by atoms with E-state index in [2.05, 4.69) is 5.32 Å². The number of nitrogens with two attached hydrogens (primary N) is 1. The molecule has 2 rings (SSSR count). The van der Waals surface area contributed by atoms with Crippen LogP contribution in [0, 0.1) is 10.1 Å². The van der Waals surface area contributed by atoms with E-state index >= 15 is 0 Å². The van der Waals surface area contributed by atoms with Crippen molar-refractivity contribution >= 4 is 17.6 Å². The lowest BCUT2D eigenvalue weighted by molar-refractivity contribution is -0.384. The Morgan fingerprint density at radius 2 is 1.56 bits per heavy atom. The lowest BCUT2D eigenvalue weighted by atomic mass is 10.0. The number of benzene rings is 2. The zero-order chi connectivity index (χ0) is 20.0. The van der Waals surface area contributed by atoms with Gasteiger partial charge in [0.05, 0.1) is 11.0 Å². The second-order valence-electron chi connectivity index (χ2n) is 6.00. The molecule has 2 unspecified atom stereocenters. The van der Waals surface area contributed by atoms with E-state index < -0.39 is 28.9 Å². The molecule has 5 N–H and O–H groups in total. The molecule has 9 nitrogen and oxygen atoms in total. The summed E-state index contributed by atoms with van der Waals surface area (Å²) in [5.41, 5.74) is 6.98. The van der Waals surface area contributed by atoms with Crippen molar-refractivity contribution in [1.82, 2.24) is 5.32 Å². The molecule has 27 heavy (non-hydrogen) atoms. The molecule has 0 saturated heterocycles. The van der Waals surface area contributed by atoms with Gasteiger partial charge in [-0.2, -0.15) is 0 Å². The highest BCUT2D eigenvalue weighted by molar-refractivity contribution is 5.87. The first-order valence-corrected chi connectivity index (χ1v) is 8.06. The minimum absolute atomic E-state index is 0.0367. The lowest BCUT2D eigenvalue weighted by Gasteiger charge is -2.18. The Hall–Kier alpha value is -3.46. The molecule has 9 heteroatoms. The third-order valence-corrected chi connectivity index (χ3v) is 3.93. The topological polar surface area (TPSA) is 156 Å². The molecule has 2 aromatic rings. The maximum Gasteiger partial charge on any atom is 0.326 e. The summed E-state index contributed by atoms with van der Waals surface area (Å²) in [5, 5.41) is 31.6. The van der Waals surface area contributed by atoms with Crippen LogP contribution in [0.15, 0.2) is 48.5 Å². The first-order valence-electron chi connectivity index (χ1n) is 8.06. The number of phenolic OH excluding ortho intramolecular Hbond substituents is 1. The smallest absolute Gasteiger partial charge is 0.326 e. The zero-order valence-corrected chi connectivity index (χ0v) is 14.2. The molecule has 2 aromatic carbocycles. The van der Waals surface area contributed by atoms with E-state index in [0.717, 1.165) is 5.56 Å². The normalized spacial score (nSPS) is 12.8. The van der Waals surface area contributed by atoms with Gasteiger partial charge in [-0.15, -0.1) is 0 Å². The Labute approximate surface area is 154 Å². The molecular weight excluding hydrogens is 354 g/mol. The van der Waals surface area contributed by atoms with Crippen molar-refractivity contribution in [2.45, 2.75) is 24.9 Å². The van der Waals surface area contributed by atoms with Crippen LogP contribution in [0.5, 0.6) is 5.75 Å². The minimum Gasteiger partial charge on any atom is -0.508 e. The van der Waals surface area contributed by atoms with Gasteiger partial charge in [0.25, 0.3) is 5.69 Å². The second kappa shape index (κ2) is 8.77. The average Bonchev–Trinajstić information content (AvgIpc) is 2.63. The summed E-state index contributed by atoms with van der Waals surface area (Å²) in [7, 11) is 0. The molecule has 0 radical (unpaired) electrons. The van der Waals surface area contributed by atoms with Crippen LogP contribution in [-0.4, -0.2) is 39.1 Å². The summed E-state index contributed by atoms with van der Waals surface area (Å²) in [6.07, 6.45) is 0.140. The third-order valence-electron chi connectivity index (χ3n) is 3.93. The van der Waals surface area contributed by atoms with Crippen LogP contribution < -0.4 is 11.1 Å². The van der Waals surface area contributed by atoms with Gasteiger partial charge in [-0.3, -0.25) is 14.9 Å². The highest BCUT2D eigenvalue weighted by atomic mass is 16.6. The number of non-ortho nitro benzene ring substituents is 1. The number of carbonyl (C=O) groups is 2. The van der Waals surface area contributed by atoms with Crippen molar-refractivity contribution in [3.63, 3.8) is 0 Å². The average molecular weight is 373 g/mol. The molecule has 0 saturated carbocycles. The molecule has 0 aliphatic rings. The number of carboxylic acids is 1. The van der Waals surface area contributed by atoms with Gasteiger partial charge in [-0.05, 0) is 29.7 Å². The SMILES string of the molecule is NC(Cc1ccc(O)cc1)C(=O)NC(Cc1ccc([N+](=O)[O-])cc1)C(=O)O. The highest BCUT2D eigenvalue weighted by Gasteiger charge is 2.24. The number of hydrogen-bond donors (Lipinski definition) is 4. The van der Waals surface area contributed by atoms with Gasteiger partial charge in [0.15, 0.2) is 0 Å². The van der Waals surface area contributed by atoms with Crippen molar-refractivity contribution in [3.8, 4) is 5.75 Å². The Kier molecular flexibility index (Phi) is 6.45. The second-order valence-corrected chi connectivity index (χ2v) is 6.00. The van der Waals surface area contributed by atoms with Crippen LogP contribution in [0.1, 0.15) is 11.1 Å². The van der Waals surface area contributed by atoms with Gasteiger partial charge in [0.2, 0.25) is 5.91 Å². The first kappa shape index (κ1) is 19.9. The van der Waals surface area contributed by atoms with Gasteiger partial charge in [-0.25, -0.2) is 4.79 Å². The monoisotopic (exact) mass is 373 g/mol. The number of hydrogen-bond acceptors (Lipinski definition) is 6. The fraction of sp³-hybridized carbons (Fsp3) is 0.222. The fourth-order valence-corrected chi connectivity index (χ4v) is 2.45. The number of nitro benzene ring substituents is 1. The number of rotatable bonds is 8. The predicted molar refractivity (Wildman–Crippen MR) is 96.2 cm³/mol. The van der Waals surface area contributed by atoms with E-state index in [1.165, 1.54) is 36.4 Å². The summed E-state index contributed by atoms with van der Waals surface area (Å²) in [5.74, 6) is -1.78. The number of aliphatic carboxylic acids is 1. The maximum absolute atomic E-state index is 12.2. The number of phenols is 1. The van der Waals surface area contributed by atoms with E-state index in [1.807, 2.05) is 0 Å². The maximum atomic E-state index is 12.2. The number of nitrogens with zero attached hydrogens (tertiary/aromatic N) is 1. The summed E-state index contributed by atoms with van der Waals surface area (Å²) in [6.45, 7) is 0. The Bertz CT molecular complexity index is 820. The standard InChI is InChI=1S/C18H19N3O6/c19-15(9-11-3-7-14(22)8-4-11)17(23)20-16(18(24)25)10-12-1-5-13(6-2-12)21(26)27/h1-8,15-16,22H,9-10,19H2,(H,20,23)(H,24,25). The number of carboxylic acid groups (broad SMARTS) is 1. The fourth-order valence-electron chi connectivity index (χ4n) is 2.45. The molecule has 1 amide bonds. The summed E-state index contributed by atoms with van der Waals surface area (Å²) >= 11 is 0.